The highest BCUT2D eigenvalue weighted by Crippen LogP contribution is 2.23. The third kappa shape index (κ3) is 8.20. The molecule has 0 fully saturated rings. The molecule has 32 heavy (non-hydrogen) atoms. The SMILES string of the molecule is COC(=O)CNC(=O)C(c1ccc(C)cc1)N(C)C(=O)C(NC(=O)OC(C)(C)C)C(C)C. The Labute approximate surface area is 189 Å². The topological polar surface area (TPSA) is 114 Å². The lowest BCUT2D eigenvalue weighted by molar-refractivity contribution is -0.144. The van der Waals surface area contributed by atoms with Gasteiger partial charge in [-0.2, -0.15) is 0 Å². The quantitative estimate of drug-likeness (QED) is 0.589. The molecule has 1 aromatic carbocycles. The maximum atomic E-state index is 13.4. The van der Waals surface area contributed by atoms with Crippen LogP contribution in [0.25, 0.3) is 0 Å². The van der Waals surface area contributed by atoms with Gasteiger partial charge >= 0.3 is 12.1 Å². The highest BCUT2D eigenvalue weighted by molar-refractivity contribution is 5.93. The number of nitrogens with zero attached hydrogens (tertiary/aromatic N) is 1. The van der Waals surface area contributed by atoms with Gasteiger partial charge < -0.3 is 25.0 Å². The highest BCUT2D eigenvalue weighted by atomic mass is 16.6. The normalized spacial score (nSPS) is 13.0. The lowest BCUT2D eigenvalue weighted by atomic mass is 9.99. The van der Waals surface area contributed by atoms with Crippen LogP contribution in [0.2, 0.25) is 0 Å². The van der Waals surface area contributed by atoms with E-state index >= 15 is 0 Å². The molecule has 2 unspecified atom stereocenters. The third-order valence-electron chi connectivity index (χ3n) is 4.62. The maximum absolute atomic E-state index is 13.4. The molecular weight excluding hydrogens is 414 g/mol. The maximum Gasteiger partial charge on any atom is 0.408 e. The first kappa shape index (κ1) is 26.9. The van der Waals surface area contributed by atoms with Crippen LogP contribution in [0.15, 0.2) is 24.3 Å². The van der Waals surface area contributed by atoms with E-state index in [1.807, 2.05) is 19.1 Å². The van der Waals surface area contributed by atoms with Gasteiger partial charge in [0.25, 0.3) is 0 Å². The molecule has 9 heteroatoms. The number of hydrogen-bond acceptors (Lipinski definition) is 6. The zero-order chi connectivity index (χ0) is 24.6. The molecule has 0 heterocycles. The third-order valence-corrected chi connectivity index (χ3v) is 4.62. The standard InChI is InChI=1S/C23H35N3O6/c1-14(2)18(25-22(30)32-23(4,5)6)21(29)26(7)19(16-11-9-15(3)10-12-16)20(28)24-13-17(27)31-8/h9-12,14,18-19H,13H2,1-8H3,(H,24,28)(H,25,30). The number of amides is 3. The Hall–Kier alpha value is -3.10. The first-order valence-corrected chi connectivity index (χ1v) is 10.4. The predicted molar refractivity (Wildman–Crippen MR) is 120 cm³/mol. The van der Waals surface area contributed by atoms with Crippen molar-refractivity contribution in [3.63, 3.8) is 0 Å². The molecule has 2 N–H and O–H groups in total. The number of esters is 1. The van der Waals surface area contributed by atoms with E-state index in [1.54, 1.807) is 46.8 Å². The Bertz CT molecular complexity index is 814. The number of alkyl carbamates (subject to hydrolysis) is 1. The number of ether oxygens (including phenoxy) is 2. The molecule has 0 aliphatic carbocycles. The Balaban J connectivity index is 3.18. The average Bonchev–Trinajstić information content (AvgIpc) is 2.69. The van der Waals surface area contributed by atoms with E-state index in [4.69, 9.17) is 4.74 Å². The Morgan fingerprint density at radius 3 is 2.09 bits per heavy atom. The van der Waals surface area contributed by atoms with E-state index in [0.717, 1.165) is 5.56 Å². The van der Waals surface area contributed by atoms with Gasteiger partial charge in [0.1, 0.15) is 24.2 Å². The Kier molecular flexibility index (Phi) is 9.68. The number of methoxy groups -OCH3 is 1. The van der Waals surface area contributed by atoms with Crippen LogP contribution < -0.4 is 10.6 Å². The number of aryl methyl sites for hydroxylation is 1. The summed E-state index contributed by atoms with van der Waals surface area (Å²) in [6.07, 6.45) is -0.722. The summed E-state index contributed by atoms with van der Waals surface area (Å²) < 4.78 is 9.85. The summed E-state index contributed by atoms with van der Waals surface area (Å²) in [7, 11) is 2.70. The molecule has 0 saturated heterocycles. The molecule has 3 amide bonds. The molecule has 1 aromatic rings. The zero-order valence-electron chi connectivity index (χ0n) is 20.1. The molecule has 178 valence electrons. The van der Waals surface area contributed by atoms with E-state index in [-0.39, 0.29) is 12.5 Å². The molecule has 0 aliphatic rings. The van der Waals surface area contributed by atoms with Gasteiger partial charge in [0.2, 0.25) is 11.8 Å². The van der Waals surface area contributed by atoms with Crippen LogP contribution in [-0.4, -0.2) is 61.1 Å². The first-order chi connectivity index (χ1) is 14.8. The van der Waals surface area contributed by atoms with Crippen molar-refractivity contribution >= 4 is 23.9 Å². The molecule has 0 spiro atoms. The summed E-state index contributed by atoms with van der Waals surface area (Å²) in [4.78, 5) is 51.4. The summed E-state index contributed by atoms with van der Waals surface area (Å²) >= 11 is 0. The smallest absolute Gasteiger partial charge is 0.408 e. The molecule has 0 radical (unpaired) electrons. The number of hydrogen-bond donors (Lipinski definition) is 2. The molecular formula is C23H35N3O6. The molecule has 0 aromatic heterocycles. The van der Waals surface area contributed by atoms with Crippen LogP contribution >= 0.6 is 0 Å². The van der Waals surface area contributed by atoms with Crippen LogP contribution in [-0.2, 0) is 23.9 Å². The molecule has 9 nitrogen and oxygen atoms in total. The average molecular weight is 450 g/mol. The van der Waals surface area contributed by atoms with Gasteiger partial charge in [-0.3, -0.25) is 14.4 Å². The molecule has 1 rings (SSSR count). The zero-order valence-corrected chi connectivity index (χ0v) is 20.1. The summed E-state index contributed by atoms with van der Waals surface area (Å²) in [5.41, 5.74) is 0.829. The second kappa shape index (κ2) is 11.5. The summed E-state index contributed by atoms with van der Waals surface area (Å²) in [6.45, 7) is 10.3. The van der Waals surface area contributed by atoms with E-state index in [9.17, 15) is 19.2 Å². The number of nitrogens with one attached hydrogen (secondary N) is 2. The number of benzene rings is 1. The van der Waals surface area contributed by atoms with Gasteiger partial charge in [-0.1, -0.05) is 43.7 Å². The van der Waals surface area contributed by atoms with Crippen molar-refractivity contribution in [3.8, 4) is 0 Å². The second-order valence-corrected chi connectivity index (χ2v) is 8.92. The van der Waals surface area contributed by atoms with E-state index in [0.29, 0.717) is 5.56 Å². The van der Waals surface area contributed by atoms with Crippen LogP contribution in [0.5, 0.6) is 0 Å². The fourth-order valence-electron chi connectivity index (χ4n) is 2.92. The molecule has 0 saturated carbocycles. The minimum absolute atomic E-state index is 0.269. The fraction of sp³-hybridized carbons (Fsp3) is 0.565. The molecule has 0 aliphatic heterocycles. The Morgan fingerprint density at radius 2 is 1.62 bits per heavy atom. The van der Waals surface area contributed by atoms with Gasteiger partial charge in [0.05, 0.1) is 7.11 Å². The Morgan fingerprint density at radius 1 is 1.06 bits per heavy atom. The van der Waals surface area contributed by atoms with Crippen molar-refractivity contribution in [1.82, 2.24) is 15.5 Å². The van der Waals surface area contributed by atoms with Crippen LogP contribution in [0.3, 0.4) is 0 Å². The van der Waals surface area contributed by atoms with Crippen LogP contribution in [0.1, 0.15) is 51.8 Å². The number of carbonyl (C=O) groups is 4. The minimum Gasteiger partial charge on any atom is -0.468 e. The van der Waals surface area contributed by atoms with Crippen molar-refractivity contribution in [2.24, 2.45) is 5.92 Å². The van der Waals surface area contributed by atoms with E-state index in [2.05, 4.69) is 15.4 Å². The largest absolute Gasteiger partial charge is 0.468 e. The summed E-state index contributed by atoms with van der Waals surface area (Å²) in [5, 5.41) is 5.11. The van der Waals surface area contributed by atoms with E-state index < -0.39 is 41.6 Å². The second-order valence-electron chi connectivity index (χ2n) is 8.92. The van der Waals surface area contributed by atoms with Gasteiger partial charge in [0, 0.05) is 7.05 Å². The number of carbonyl (C=O) groups excluding carboxylic acids is 4. The monoisotopic (exact) mass is 449 g/mol. The highest BCUT2D eigenvalue weighted by Gasteiger charge is 2.35. The van der Waals surface area contributed by atoms with Gasteiger partial charge in [-0.05, 0) is 39.2 Å². The van der Waals surface area contributed by atoms with Gasteiger partial charge in [-0.15, -0.1) is 0 Å². The van der Waals surface area contributed by atoms with Crippen LogP contribution in [0.4, 0.5) is 4.79 Å². The van der Waals surface area contributed by atoms with E-state index in [1.165, 1.54) is 19.1 Å². The molecule has 2 atom stereocenters. The molecule has 0 bridgehead atoms. The van der Waals surface area contributed by atoms with Crippen molar-refractivity contribution < 1.29 is 28.7 Å². The summed E-state index contributed by atoms with van der Waals surface area (Å²) in [6, 6.07) is 5.20. The minimum atomic E-state index is -1.02. The van der Waals surface area contributed by atoms with Crippen molar-refractivity contribution in [3.05, 3.63) is 35.4 Å². The fourth-order valence-corrected chi connectivity index (χ4v) is 2.92. The van der Waals surface area contributed by atoms with Crippen molar-refractivity contribution in [2.75, 3.05) is 20.7 Å². The van der Waals surface area contributed by atoms with Crippen molar-refractivity contribution in [2.45, 2.75) is 59.2 Å². The number of likely N-dealkylation sites (N-methyl/N-ethyl adjacent to an activating group) is 1. The predicted octanol–water partition coefficient (Wildman–Crippen LogP) is 2.33. The first-order valence-electron chi connectivity index (χ1n) is 10.4. The number of rotatable bonds is 8. The summed E-state index contributed by atoms with van der Waals surface area (Å²) in [5.74, 6) is -1.89. The van der Waals surface area contributed by atoms with Crippen molar-refractivity contribution in [1.29, 1.82) is 0 Å². The van der Waals surface area contributed by atoms with Gasteiger partial charge in [0.15, 0.2) is 0 Å². The van der Waals surface area contributed by atoms with Crippen LogP contribution in [0, 0.1) is 12.8 Å². The lowest BCUT2D eigenvalue weighted by Gasteiger charge is -2.33. The lowest BCUT2D eigenvalue weighted by Crippen LogP contribution is -2.53. The van der Waals surface area contributed by atoms with Gasteiger partial charge in [-0.25, -0.2) is 4.79 Å².